The minimum absolute atomic E-state index is 0.0356. The lowest BCUT2D eigenvalue weighted by Gasteiger charge is -2.30. The molecule has 10 heteroatoms. The first-order chi connectivity index (χ1) is 40.4. The lowest BCUT2D eigenvalue weighted by Crippen LogP contribution is -2.47. The van der Waals surface area contributed by atoms with Gasteiger partial charge in [-0.15, -0.1) is 0 Å². The van der Waals surface area contributed by atoms with Gasteiger partial charge >= 0.3 is 5.97 Å². The molecular weight excluding hydrogens is 1050 g/mol. The van der Waals surface area contributed by atoms with E-state index in [9.17, 15) is 19.0 Å². The van der Waals surface area contributed by atoms with Crippen molar-refractivity contribution >= 4 is 19.7 Å². The van der Waals surface area contributed by atoms with Crippen molar-refractivity contribution in [2.24, 2.45) is 0 Å². The van der Waals surface area contributed by atoms with Crippen LogP contribution in [0.5, 0.6) is 0 Å². The second kappa shape index (κ2) is 61.5. The third-order valence-corrected chi connectivity index (χ3v) is 15.3. The maximum atomic E-state index is 13.6. The summed E-state index contributed by atoms with van der Waals surface area (Å²) in [6.45, 7) is 6.67. The number of allylic oxidation sites excluding steroid dienone is 19. The monoisotopic (exact) mass is 1170 g/mol. The number of quaternary nitrogens is 1. The molecule has 3 unspecified atom stereocenters. The van der Waals surface area contributed by atoms with E-state index in [-0.39, 0.29) is 31.3 Å². The summed E-state index contributed by atoms with van der Waals surface area (Å²) in [5, 5.41) is 3.02. The van der Waals surface area contributed by atoms with Gasteiger partial charge in [0, 0.05) is 12.8 Å². The van der Waals surface area contributed by atoms with E-state index in [1.54, 1.807) is 0 Å². The first-order valence-electron chi connectivity index (χ1n) is 33.8. The van der Waals surface area contributed by atoms with Crippen molar-refractivity contribution in [2.45, 2.75) is 290 Å². The molecule has 0 aromatic rings. The Morgan fingerprint density at radius 3 is 1.19 bits per heavy atom. The molecule has 0 aliphatic carbocycles. The highest BCUT2D eigenvalue weighted by atomic mass is 31.2. The van der Waals surface area contributed by atoms with E-state index in [4.69, 9.17) is 13.8 Å². The zero-order valence-electron chi connectivity index (χ0n) is 54.4. The quantitative estimate of drug-likeness (QED) is 0.0212. The molecule has 0 saturated heterocycles. The molecule has 0 radical (unpaired) electrons. The van der Waals surface area contributed by atoms with E-state index in [0.29, 0.717) is 23.9 Å². The maximum absolute atomic E-state index is 13.6. The number of likely N-dealkylation sites (N-methyl/N-ethyl adjacent to an activating group) is 1. The van der Waals surface area contributed by atoms with Crippen LogP contribution in [0.1, 0.15) is 278 Å². The largest absolute Gasteiger partial charge is 0.756 e. The summed E-state index contributed by atoms with van der Waals surface area (Å²) >= 11 is 0. The highest BCUT2D eigenvalue weighted by Crippen LogP contribution is 2.38. The molecule has 0 heterocycles. The number of phosphoric acid groups is 1. The molecular formula is C73H127N2O7P. The summed E-state index contributed by atoms with van der Waals surface area (Å²) in [5.74, 6) is -0.587. The molecule has 1 N–H and O–H groups in total. The summed E-state index contributed by atoms with van der Waals surface area (Å²) < 4.78 is 30.4. The highest BCUT2D eigenvalue weighted by molar-refractivity contribution is 7.45. The number of nitrogens with zero attached hydrogens (tertiary/aromatic N) is 1. The Hall–Kier alpha value is -3.59. The van der Waals surface area contributed by atoms with Crippen LogP contribution in [-0.2, 0) is 27.9 Å². The van der Waals surface area contributed by atoms with Gasteiger partial charge in [0.2, 0.25) is 5.91 Å². The third kappa shape index (κ3) is 62.8. The van der Waals surface area contributed by atoms with Gasteiger partial charge in [-0.25, -0.2) is 0 Å². The van der Waals surface area contributed by atoms with Crippen LogP contribution in [0.3, 0.4) is 0 Å². The van der Waals surface area contributed by atoms with Gasteiger partial charge in [0.05, 0.1) is 33.8 Å². The van der Waals surface area contributed by atoms with Crippen molar-refractivity contribution in [1.29, 1.82) is 0 Å². The first kappa shape index (κ1) is 79.4. The number of nitrogens with one attached hydrogen (secondary N) is 1. The van der Waals surface area contributed by atoms with Crippen molar-refractivity contribution in [3.63, 3.8) is 0 Å². The van der Waals surface area contributed by atoms with E-state index < -0.39 is 26.6 Å². The molecule has 0 spiro atoms. The molecule has 9 nitrogen and oxygen atoms in total. The van der Waals surface area contributed by atoms with Gasteiger partial charge in [-0.3, -0.25) is 14.2 Å². The van der Waals surface area contributed by atoms with Crippen molar-refractivity contribution in [1.82, 2.24) is 5.32 Å². The molecule has 0 aromatic heterocycles. The number of phosphoric ester groups is 1. The predicted molar refractivity (Wildman–Crippen MR) is 357 cm³/mol. The van der Waals surface area contributed by atoms with Gasteiger partial charge in [-0.05, 0) is 122 Å². The SMILES string of the molecule is CC/C=C\C/C=C\C/C=C\C/C=C\C/C=C\CCCCCCCCCCCC(=O)OC(/C=C\CCCCCCCCCCCCC)C(COP(=O)([O-])OCC[N+](C)(C)C)NC(=O)CCCCC/C=C\C/C=C\C/C=C\C/C=C\CCCCC. The molecule has 0 bridgehead atoms. The molecule has 1 amide bonds. The van der Waals surface area contributed by atoms with E-state index in [1.165, 1.54) is 116 Å². The van der Waals surface area contributed by atoms with E-state index in [2.05, 4.69) is 135 Å². The summed E-state index contributed by atoms with van der Waals surface area (Å²) in [5.41, 5.74) is 0. The van der Waals surface area contributed by atoms with Crippen LogP contribution in [0.4, 0.5) is 0 Å². The number of ether oxygens (including phenoxy) is 1. The summed E-state index contributed by atoms with van der Waals surface area (Å²) in [4.78, 5) is 40.1. The molecule has 0 aromatic carbocycles. The van der Waals surface area contributed by atoms with Crippen LogP contribution < -0.4 is 10.2 Å². The van der Waals surface area contributed by atoms with Gasteiger partial charge < -0.3 is 28.5 Å². The highest BCUT2D eigenvalue weighted by Gasteiger charge is 2.27. The van der Waals surface area contributed by atoms with Crippen LogP contribution in [0.15, 0.2) is 122 Å². The normalized spacial score (nSPS) is 14.3. The maximum Gasteiger partial charge on any atom is 0.306 e. The fraction of sp³-hybridized carbons (Fsp3) is 0.699. The van der Waals surface area contributed by atoms with Gasteiger partial charge in [0.15, 0.2) is 0 Å². The van der Waals surface area contributed by atoms with E-state index in [0.717, 1.165) is 116 Å². The molecule has 0 rings (SSSR count). The number of amides is 1. The average molecular weight is 1180 g/mol. The second-order valence-electron chi connectivity index (χ2n) is 23.6. The number of hydrogen-bond acceptors (Lipinski definition) is 7. The van der Waals surface area contributed by atoms with Crippen LogP contribution in [0.2, 0.25) is 0 Å². The Labute approximate surface area is 512 Å². The van der Waals surface area contributed by atoms with Gasteiger partial charge in [0.1, 0.15) is 19.3 Å². The number of hydrogen-bond donors (Lipinski definition) is 1. The zero-order chi connectivity index (χ0) is 60.7. The summed E-state index contributed by atoms with van der Waals surface area (Å²) in [7, 11) is 1.15. The predicted octanol–water partition coefficient (Wildman–Crippen LogP) is 20.8. The molecule has 476 valence electrons. The number of unbranched alkanes of at least 4 members (excludes halogenated alkanes) is 26. The van der Waals surface area contributed by atoms with Crippen LogP contribution in [-0.4, -0.2) is 69.4 Å². The van der Waals surface area contributed by atoms with Gasteiger partial charge in [-0.2, -0.15) is 0 Å². The second-order valence-corrected chi connectivity index (χ2v) is 25.0. The average Bonchev–Trinajstić information content (AvgIpc) is 3.46. The Balaban J connectivity index is 5.24. The number of carbonyl (C=O) groups excluding carboxylic acids is 2. The summed E-state index contributed by atoms with van der Waals surface area (Å²) in [6, 6.07) is -0.917. The number of rotatable bonds is 60. The Morgan fingerprint density at radius 2 is 0.771 bits per heavy atom. The number of esters is 1. The molecule has 0 fully saturated rings. The van der Waals surface area contributed by atoms with Gasteiger partial charge in [-0.1, -0.05) is 265 Å². The van der Waals surface area contributed by atoms with Crippen LogP contribution in [0.25, 0.3) is 0 Å². The fourth-order valence-corrected chi connectivity index (χ4v) is 9.90. The Morgan fingerprint density at radius 1 is 0.434 bits per heavy atom. The van der Waals surface area contributed by atoms with Crippen molar-refractivity contribution in [3.8, 4) is 0 Å². The lowest BCUT2D eigenvalue weighted by molar-refractivity contribution is -0.870. The van der Waals surface area contributed by atoms with Crippen LogP contribution >= 0.6 is 7.82 Å². The minimum atomic E-state index is -4.72. The standard InChI is InChI=1S/C73H127N2O7P/c1-7-10-13-16-19-22-25-28-30-32-34-35-36-37-38-39-41-43-45-48-51-54-57-60-63-66-73(77)82-71(64-61-58-55-52-49-46-27-24-21-18-15-12-9-3)70(69-81-83(78,79)80-68-67-75(4,5)6)74-72(76)65-62-59-56-53-50-47-44-42-40-33-31-29-26-23-20-17-14-11-8-2/h10,13,19-20,22-23,28-31,34-35,37-38,40,42,47,50,61,64,70-71H,7-9,11-12,14-18,21,24-27,32-33,36,39,41,43-46,48-49,51-60,62-63,65-69H2,1-6H3,(H-,74,76,78,79)/b13-10-,22-19-,23-20-,30-28-,31-29-,35-34-,38-37-,42-40-,50-47-,64-61-. The molecule has 0 aliphatic rings. The Bertz CT molecular complexity index is 1830. The topological polar surface area (TPSA) is 114 Å². The smallest absolute Gasteiger partial charge is 0.306 e. The van der Waals surface area contributed by atoms with Crippen molar-refractivity contribution < 1.29 is 37.3 Å². The Kier molecular flexibility index (Phi) is 58.8. The van der Waals surface area contributed by atoms with E-state index in [1.807, 2.05) is 33.3 Å². The fourth-order valence-electron chi connectivity index (χ4n) is 9.18. The van der Waals surface area contributed by atoms with Gasteiger partial charge in [0.25, 0.3) is 7.82 Å². The zero-order valence-corrected chi connectivity index (χ0v) is 55.3. The first-order valence-corrected chi connectivity index (χ1v) is 35.3. The molecule has 83 heavy (non-hydrogen) atoms. The molecule has 0 saturated carbocycles. The van der Waals surface area contributed by atoms with Crippen LogP contribution in [0, 0.1) is 0 Å². The van der Waals surface area contributed by atoms with Crippen molar-refractivity contribution in [3.05, 3.63) is 122 Å². The third-order valence-electron chi connectivity index (χ3n) is 14.4. The molecule has 3 atom stereocenters. The van der Waals surface area contributed by atoms with E-state index >= 15 is 0 Å². The lowest BCUT2D eigenvalue weighted by atomic mass is 10.0. The molecule has 0 aliphatic heterocycles. The number of carbonyl (C=O) groups is 2. The minimum Gasteiger partial charge on any atom is -0.756 e. The van der Waals surface area contributed by atoms with Crippen molar-refractivity contribution in [2.75, 3.05) is 40.9 Å². The summed E-state index contributed by atoms with van der Waals surface area (Å²) in [6.07, 6.45) is 86.0.